The number of nitrogens with zero attached hydrogens (tertiary/aromatic N) is 3. The van der Waals surface area contributed by atoms with Gasteiger partial charge in [0.15, 0.2) is 0 Å². The van der Waals surface area contributed by atoms with Gasteiger partial charge in [0.1, 0.15) is 11.8 Å². The number of benzene rings is 2. The van der Waals surface area contributed by atoms with E-state index in [1.807, 2.05) is 43.3 Å². The number of rotatable bonds is 7. The van der Waals surface area contributed by atoms with Crippen molar-refractivity contribution in [2.75, 3.05) is 19.0 Å². The minimum atomic E-state index is -0.512. The Bertz CT molecular complexity index is 1170. The lowest BCUT2D eigenvalue weighted by atomic mass is 9.95. The number of hydrogen-bond acceptors (Lipinski definition) is 7. The van der Waals surface area contributed by atoms with Crippen LogP contribution in [0.1, 0.15) is 36.6 Å². The molecule has 0 spiro atoms. The Morgan fingerprint density at radius 1 is 1.16 bits per heavy atom. The molecule has 1 atom stereocenters. The summed E-state index contributed by atoms with van der Waals surface area (Å²) in [5.74, 6) is 1.62. The van der Waals surface area contributed by atoms with Crippen molar-refractivity contribution in [1.29, 1.82) is 0 Å². The largest absolute Gasteiger partial charge is 0.496 e. The van der Waals surface area contributed by atoms with Gasteiger partial charge in [-0.05, 0) is 38.0 Å². The fourth-order valence-electron chi connectivity index (χ4n) is 3.76. The van der Waals surface area contributed by atoms with Gasteiger partial charge in [0.25, 0.3) is 0 Å². The SMILES string of the molecule is CCOC(=O)C1=C(C)Nc2nc(SCc3ccccc3C)nn2[C@@H]1c1ccccc1OC. The Labute approximate surface area is 191 Å². The summed E-state index contributed by atoms with van der Waals surface area (Å²) in [6.07, 6.45) is 0. The number of anilines is 1. The molecule has 1 aliphatic rings. The summed E-state index contributed by atoms with van der Waals surface area (Å²) in [4.78, 5) is 17.6. The first-order chi connectivity index (χ1) is 15.5. The molecule has 8 heteroatoms. The molecule has 166 valence electrons. The summed E-state index contributed by atoms with van der Waals surface area (Å²) in [7, 11) is 1.62. The van der Waals surface area contributed by atoms with E-state index in [9.17, 15) is 4.79 Å². The van der Waals surface area contributed by atoms with Crippen LogP contribution in [0, 0.1) is 6.92 Å². The van der Waals surface area contributed by atoms with E-state index in [4.69, 9.17) is 19.6 Å². The Balaban J connectivity index is 1.74. The summed E-state index contributed by atoms with van der Waals surface area (Å²) < 4.78 is 12.7. The number of carbonyl (C=O) groups excluding carboxylic acids is 1. The van der Waals surface area contributed by atoms with Gasteiger partial charge >= 0.3 is 5.97 Å². The molecule has 2 aromatic carbocycles. The molecule has 0 aliphatic carbocycles. The highest BCUT2D eigenvalue weighted by molar-refractivity contribution is 7.98. The Morgan fingerprint density at radius 2 is 1.91 bits per heavy atom. The third kappa shape index (κ3) is 4.23. The van der Waals surface area contributed by atoms with E-state index in [1.165, 1.54) is 11.1 Å². The van der Waals surface area contributed by atoms with E-state index in [2.05, 4.69) is 24.4 Å². The zero-order valence-corrected chi connectivity index (χ0v) is 19.4. The van der Waals surface area contributed by atoms with Gasteiger partial charge in [0.2, 0.25) is 11.1 Å². The molecule has 0 bridgehead atoms. The van der Waals surface area contributed by atoms with Crippen LogP contribution < -0.4 is 10.1 Å². The number of hydrogen-bond donors (Lipinski definition) is 1. The molecular formula is C24H26N4O3S. The monoisotopic (exact) mass is 450 g/mol. The van der Waals surface area contributed by atoms with Crippen LogP contribution >= 0.6 is 11.8 Å². The van der Waals surface area contributed by atoms with Crippen molar-refractivity contribution in [3.8, 4) is 5.75 Å². The molecule has 0 radical (unpaired) electrons. The molecule has 1 aliphatic heterocycles. The summed E-state index contributed by atoms with van der Waals surface area (Å²) in [5, 5.41) is 8.63. The van der Waals surface area contributed by atoms with Crippen molar-refractivity contribution < 1.29 is 14.3 Å². The smallest absolute Gasteiger partial charge is 0.338 e. The normalized spacial score (nSPS) is 15.2. The van der Waals surface area contributed by atoms with Gasteiger partial charge in [-0.3, -0.25) is 0 Å². The fraction of sp³-hybridized carbons (Fsp3) is 0.292. The number of carbonyl (C=O) groups is 1. The van der Waals surface area contributed by atoms with Crippen molar-refractivity contribution in [3.63, 3.8) is 0 Å². The van der Waals surface area contributed by atoms with E-state index >= 15 is 0 Å². The fourth-order valence-corrected chi connectivity index (χ4v) is 4.67. The second-order valence-corrected chi connectivity index (χ2v) is 8.35. The topological polar surface area (TPSA) is 78.3 Å². The molecule has 2 heterocycles. The summed E-state index contributed by atoms with van der Waals surface area (Å²) in [6.45, 7) is 6.03. The number of fused-ring (bicyclic) bond motifs is 1. The molecule has 1 aromatic heterocycles. The number of para-hydroxylation sites is 1. The van der Waals surface area contributed by atoms with Crippen LogP contribution in [0.25, 0.3) is 0 Å². The Kier molecular flexibility index (Phi) is 6.50. The minimum Gasteiger partial charge on any atom is -0.496 e. The lowest BCUT2D eigenvalue weighted by Crippen LogP contribution is -2.30. The van der Waals surface area contributed by atoms with E-state index < -0.39 is 6.04 Å². The third-order valence-electron chi connectivity index (χ3n) is 5.38. The number of ether oxygens (including phenoxy) is 2. The molecule has 0 amide bonds. The molecule has 7 nitrogen and oxygen atoms in total. The predicted octanol–water partition coefficient (Wildman–Crippen LogP) is 4.74. The van der Waals surface area contributed by atoms with Crippen LogP contribution in [0.15, 0.2) is 65.0 Å². The highest BCUT2D eigenvalue weighted by atomic mass is 32.2. The number of methoxy groups -OCH3 is 1. The summed E-state index contributed by atoms with van der Waals surface area (Å²) in [6, 6.07) is 15.4. The van der Waals surface area contributed by atoms with Gasteiger partial charge in [0, 0.05) is 17.0 Å². The maximum absolute atomic E-state index is 12.9. The highest BCUT2D eigenvalue weighted by Crippen LogP contribution is 2.40. The number of aromatic nitrogens is 3. The lowest BCUT2D eigenvalue weighted by molar-refractivity contribution is -0.139. The second-order valence-electron chi connectivity index (χ2n) is 7.41. The maximum Gasteiger partial charge on any atom is 0.338 e. The molecule has 4 rings (SSSR count). The molecule has 0 saturated heterocycles. The van der Waals surface area contributed by atoms with E-state index in [1.54, 1.807) is 30.5 Å². The van der Waals surface area contributed by atoms with E-state index in [-0.39, 0.29) is 12.6 Å². The van der Waals surface area contributed by atoms with Crippen LogP contribution in [0.2, 0.25) is 0 Å². The molecule has 1 N–H and O–H groups in total. The maximum atomic E-state index is 12.9. The average molecular weight is 451 g/mol. The van der Waals surface area contributed by atoms with Gasteiger partial charge < -0.3 is 14.8 Å². The zero-order chi connectivity index (χ0) is 22.7. The highest BCUT2D eigenvalue weighted by Gasteiger charge is 2.36. The van der Waals surface area contributed by atoms with E-state index in [0.717, 1.165) is 11.3 Å². The molecule has 0 saturated carbocycles. The zero-order valence-electron chi connectivity index (χ0n) is 18.6. The van der Waals surface area contributed by atoms with Crippen molar-refractivity contribution in [3.05, 3.63) is 76.5 Å². The van der Waals surface area contributed by atoms with Crippen LogP contribution in [0.5, 0.6) is 5.75 Å². The standard InChI is InChI=1S/C24H26N4O3S/c1-5-31-22(29)20-16(3)25-23-26-24(32-14-17-11-7-6-10-15(17)2)27-28(23)21(20)18-12-8-9-13-19(18)30-4/h6-13,21H,5,14H2,1-4H3,(H,25,26,27)/t21-/m1/s1. The van der Waals surface area contributed by atoms with E-state index in [0.29, 0.717) is 28.1 Å². The van der Waals surface area contributed by atoms with Crippen molar-refractivity contribution in [1.82, 2.24) is 14.8 Å². The van der Waals surface area contributed by atoms with Gasteiger partial charge in [-0.25, -0.2) is 9.48 Å². The molecule has 0 fully saturated rings. The average Bonchev–Trinajstić information content (AvgIpc) is 3.20. The quantitative estimate of drug-likeness (QED) is 0.411. The van der Waals surface area contributed by atoms with Gasteiger partial charge in [0.05, 0.1) is 19.3 Å². The molecule has 3 aromatic rings. The van der Waals surface area contributed by atoms with Crippen LogP contribution in [0.4, 0.5) is 5.95 Å². The van der Waals surface area contributed by atoms with Crippen LogP contribution in [-0.2, 0) is 15.3 Å². The van der Waals surface area contributed by atoms with Crippen molar-refractivity contribution in [2.24, 2.45) is 0 Å². The van der Waals surface area contributed by atoms with Gasteiger partial charge in [-0.15, -0.1) is 5.10 Å². The number of nitrogens with one attached hydrogen (secondary N) is 1. The van der Waals surface area contributed by atoms with Gasteiger partial charge in [-0.1, -0.05) is 54.2 Å². The molecule has 32 heavy (non-hydrogen) atoms. The van der Waals surface area contributed by atoms with Crippen LogP contribution in [0.3, 0.4) is 0 Å². The third-order valence-corrected chi connectivity index (χ3v) is 6.27. The first-order valence-electron chi connectivity index (χ1n) is 10.4. The number of esters is 1. The number of thioether (sulfide) groups is 1. The first-order valence-corrected chi connectivity index (χ1v) is 11.4. The number of allylic oxidation sites excluding steroid dienone is 1. The minimum absolute atomic E-state index is 0.288. The van der Waals surface area contributed by atoms with Crippen molar-refractivity contribution >= 4 is 23.7 Å². The second kappa shape index (κ2) is 9.48. The lowest BCUT2D eigenvalue weighted by Gasteiger charge is -2.28. The summed E-state index contributed by atoms with van der Waals surface area (Å²) in [5.41, 5.74) is 4.47. The predicted molar refractivity (Wildman–Crippen MR) is 125 cm³/mol. The van der Waals surface area contributed by atoms with Crippen molar-refractivity contribution in [2.45, 2.75) is 37.7 Å². The number of aryl methyl sites for hydroxylation is 1. The first kappa shape index (κ1) is 22.0. The summed E-state index contributed by atoms with van der Waals surface area (Å²) >= 11 is 1.56. The Morgan fingerprint density at radius 3 is 2.66 bits per heavy atom. The van der Waals surface area contributed by atoms with Crippen LogP contribution in [-0.4, -0.2) is 34.5 Å². The molecular weight excluding hydrogens is 424 g/mol. The van der Waals surface area contributed by atoms with Gasteiger partial charge in [-0.2, -0.15) is 4.98 Å². The molecule has 0 unspecified atom stereocenters. The Hall–Kier alpha value is -3.26.